The number of carbonyl (C=O) groups is 4. The van der Waals surface area contributed by atoms with Crippen molar-refractivity contribution in [3.63, 3.8) is 0 Å². The molecule has 3 aliphatic rings. The monoisotopic (exact) mass is 398 g/mol. The summed E-state index contributed by atoms with van der Waals surface area (Å²) < 4.78 is 0. The maximum absolute atomic E-state index is 12.7. The van der Waals surface area contributed by atoms with Crippen LogP contribution in [0.5, 0.6) is 0 Å². The summed E-state index contributed by atoms with van der Waals surface area (Å²) in [5.74, 6) is -0.799. The predicted octanol–water partition coefficient (Wildman–Crippen LogP) is 1.43. The maximum atomic E-state index is 12.7. The van der Waals surface area contributed by atoms with Crippen LogP contribution in [-0.2, 0) is 19.2 Å². The Balaban J connectivity index is 1.28. The number of likely N-dealkylation sites (tertiary alicyclic amines) is 2. The highest BCUT2D eigenvalue weighted by atomic mass is 16.2. The summed E-state index contributed by atoms with van der Waals surface area (Å²) in [5.41, 5.74) is 0. The van der Waals surface area contributed by atoms with Gasteiger partial charge >= 0.3 is 0 Å². The first-order valence-corrected chi connectivity index (χ1v) is 10.4. The van der Waals surface area contributed by atoms with Crippen molar-refractivity contribution in [2.24, 2.45) is 17.8 Å². The number of aromatic nitrogens is 1. The van der Waals surface area contributed by atoms with Gasteiger partial charge in [-0.1, -0.05) is 18.9 Å². The predicted molar refractivity (Wildman–Crippen MR) is 104 cm³/mol. The van der Waals surface area contributed by atoms with Crippen LogP contribution in [0.3, 0.4) is 0 Å². The standard InChI is InChI=1S/C21H26N4O4/c26-18(13-25-20(28)15-5-1-2-6-16(15)21(25)29)24-11-8-14(9-12-24)19(27)23-17-7-3-4-10-22-17/h3-4,7,10,14-16H,1-2,5-6,8-9,11-13H2,(H,22,23,27). The van der Waals surface area contributed by atoms with E-state index in [9.17, 15) is 19.2 Å². The number of anilines is 1. The Labute approximate surface area is 169 Å². The normalized spacial score (nSPS) is 25.1. The number of pyridine rings is 1. The third-order valence-corrected chi connectivity index (χ3v) is 6.36. The molecule has 1 aromatic heterocycles. The van der Waals surface area contributed by atoms with Crippen LogP contribution in [0, 0.1) is 17.8 Å². The van der Waals surface area contributed by atoms with Crippen molar-refractivity contribution < 1.29 is 19.2 Å². The Hall–Kier alpha value is -2.77. The highest BCUT2D eigenvalue weighted by Crippen LogP contribution is 2.38. The van der Waals surface area contributed by atoms with Crippen LogP contribution >= 0.6 is 0 Å². The van der Waals surface area contributed by atoms with Crippen molar-refractivity contribution in [3.05, 3.63) is 24.4 Å². The lowest BCUT2D eigenvalue weighted by Gasteiger charge is -2.32. The molecular weight excluding hydrogens is 372 g/mol. The summed E-state index contributed by atoms with van der Waals surface area (Å²) in [6.45, 7) is 0.722. The van der Waals surface area contributed by atoms with E-state index in [-0.39, 0.29) is 47.9 Å². The molecule has 0 radical (unpaired) electrons. The van der Waals surface area contributed by atoms with Gasteiger partial charge in [0.1, 0.15) is 12.4 Å². The number of hydrogen-bond acceptors (Lipinski definition) is 5. The lowest BCUT2D eigenvalue weighted by Crippen LogP contribution is -2.47. The molecule has 3 heterocycles. The molecule has 2 atom stereocenters. The lowest BCUT2D eigenvalue weighted by atomic mass is 9.81. The molecule has 1 N–H and O–H groups in total. The first-order chi connectivity index (χ1) is 14.0. The average Bonchev–Trinajstić information content (AvgIpc) is 2.99. The molecule has 8 nitrogen and oxygen atoms in total. The SMILES string of the molecule is O=C(Nc1ccccn1)C1CCN(C(=O)CN2C(=O)C3CCCCC3C2=O)CC1. The van der Waals surface area contributed by atoms with Gasteiger partial charge in [-0.05, 0) is 37.8 Å². The highest BCUT2D eigenvalue weighted by Gasteiger charge is 2.48. The Morgan fingerprint density at radius 2 is 1.66 bits per heavy atom. The summed E-state index contributed by atoms with van der Waals surface area (Å²) in [7, 11) is 0. The number of hydrogen-bond donors (Lipinski definition) is 1. The molecule has 0 aromatic carbocycles. The fourth-order valence-electron chi connectivity index (χ4n) is 4.68. The van der Waals surface area contributed by atoms with Gasteiger partial charge in [-0.3, -0.25) is 24.1 Å². The number of fused-ring (bicyclic) bond motifs is 1. The minimum Gasteiger partial charge on any atom is -0.341 e. The van der Waals surface area contributed by atoms with Gasteiger partial charge in [0, 0.05) is 25.2 Å². The largest absolute Gasteiger partial charge is 0.341 e. The minimum absolute atomic E-state index is 0.0928. The number of piperidine rings is 1. The van der Waals surface area contributed by atoms with Gasteiger partial charge in [0.25, 0.3) is 0 Å². The third kappa shape index (κ3) is 4.02. The number of rotatable bonds is 4. The maximum Gasteiger partial charge on any atom is 0.242 e. The highest BCUT2D eigenvalue weighted by molar-refractivity contribution is 6.07. The van der Waals surface area contributed by atoms with E-state index in [1.165, 1.54) is 4.90 Å². The molecule has 29 heavy (non-hydrogen) atoms. The second-order valence-electron chi connectivity index (χ2n) is 8.12. The Morgan fingerprint density at radius 1 is 1.00 bits per heavy atom. The number of carbonyl (C=O) groups excluding carboxylic acids is 4. The van der Waals surface area contributed by atoms with Gasteiger partial charge in [0.15, 0.2) is 0 Å². The molecule has 1 aliphatic carbocycles. The molecule has 154 valence electrons. The number of amides is 4. The van der Waals surface area contributed by atoms with Crippen LogP contribution in [0.2, 0.25) is 0 Å². The molecule has 4 amide bonds. The van der Waals surface area contributed by atoms with Crippen molar-refractivity contribution in [1.29, 1.82) is 0 Å². The molecule has 3 fully saturated rings. The molecule has 1 aromatic rings. The molecule has 4 rings (SSSR count). The van der Waals surface area contributed by atoms with Gasteiger partial charge in [-0.15, -0.1) is 0 Å². The zero-order valence-electron chi connectivity index (χ0n) is 16.4. The van der Waals surface area contributed by atoms with E-state index in [1.807, 2.05) is 0 Å². The van der Waals surface area contributed by atoms with Crippen LogP contribution in [0.1, 0.15) is 38.5 Å². The van der Waals surface area contributed by atoms with Gasteiger partial charge in [-0.25, -0.2) is 4.98 Å². The topological polar surface area (TPSA) is 99.7 Å². The number of nitrogens with one attached hydrogen (secondary N) is 1. The molecular formula is C21H26N4O4. The van der Waals surface area contributed by atoms with Crippen molar-refractivity contribution in [1.82, 2.24) is 14.8 Å². The summed E-state index contributed by atoms with van der Waals surface area (Å²) in [4.78, 5) is 57.1. The molecule has 8 heteroatoms. The zero-order valence-corrected chi connectivity index (χ0v) is 16.4. The van der Waals surface area contributed by atoms with E-state index >= 15 is 0 Å². The smallest absolute Gasteiger partial charge is 0.242 e. The molecule has 0 spiro atoms. The zero-order chi connectivity index (χ0) is 20.4. The molecule has 0 bridgehead atoms. The fraction of sp³-hybridized carbons (Fsp3) is 0.571. The summed E-state index contributed by atoms with van der Waals surface area (Å²) in [6.07, 6.45) is 6.16. The fourth-order valence-corrected chi connectivity index (χ4v) is 4.68. The van der Waals surface area contributed by atoms with E-state index in [0.717, 1.165) is 25.7 Å². The van der Waals surface area contributed by atoms with Crippen LogP contribution in [-0.4, -0.2) is 58.0 Å². The lowest BCUT2D eigenvalue weighted by molar-refractivity contribution is -0.147. The van der Waals surface area contributed by atoms with Crippen LogP contribution in [0.4, 0.5) is 5.82 Å². The van der Waals surface area contributed by atoms with Crippen molar-refractivity contribution in [3.8, 4) is 0 Å². The third-order valence-electron chi connectivity index (χ3n) is 6.36. The first-order valence-electron chi connectivity index (χ1n) is 10.4. The van der Waals surface area contributed by atoms with Crippen LogP contribution in [0.25, 0.3) is 0 Å². The van der Waals surface area contributed by atoms with E-state index in [2.05, 4.69) is 10.3 Å². The Morgan fingerprint density at radius 3 is 2.24 bits per heavy atom. The van der Waals surface area contributed by atoms with Gasteiger partial charge in [0.05, 0.1) is 11.8 Å². The first kappa shape index (κ1) is 19.5. The van der Waals surface area contributed by atoms with Gasteiger partial charge in [0.2, 0.25) is 23.6 Å². The van der Waals surface area contributed by atoms with Gasteiger partial charge < -0.3 is 10.2 Å². The van der Waals surface area contributed by atoms with Crippen molar-refractivity contribution in [2.75, 3.05) is 25.0 Å². The second-order valence-corrected chi connectivity index (χ2v) is 8.12. The average molecular weight is 398 g/mol. The van der Waals surface area contributed by atoms with E-state index in [1.54, 1.807) is 29.3 Å². The molecule has 1 saturated carbocycles. The molecule has 2 unspecified atom stereocenters. The molecule has 2 saturated heterocycles. The summed E-state index contributed by atoms with van der Waals surface area (Å²) in [5, 5.41) is 2.80. The van der Waals surface area contributed by atoms with E-state index < -0.39 is 0 Å². The second kappa shape index (κ2) is 8.31. The van der Waals surface area contributed by atoms with Crippen LogP contribution < -0.4 is 5.32 Å². The van der Waals surface area contributed by atoms with E-state index in [0.29, 0.717) is 31.7 Å². The Bertz CT molecular complexity index is 780. The van der Waals surface area contributed by atoms with E-state index in [4.69, 9.17) is 0 Å². The number of imide groups is 1. The quantitative estimate of drug-likeness (QED) is 0.774. The van der Waals surface area contributed by atoms with Gasteiger partial charge in [-0.2, -0.15) is 0 Å². The van der Waals surface area contributed by atoms with Crippen molar-refractivity contribution >= 4 is 29.4 Å². The summed E-state index contributed by atoms with van der Waals surface area (Å²) in [6, 6.07) is 5.32. The summed E-state index contributed by atoms with van der Waals surface area (Å²) >= 11 is 0. The van der Waals surface area contributed by atoms with Crippen LogP contribution in [0.15, 0.2) is 24.4 Å². The van der Waals surface area contributed by atoms with Crippen molar-refractivity contribution in [2.45, 2.75) is 38.5 Å². The minimum atomic E-state index is -0.231. The number of nitrogens with zero attached hydrogens (tertiary/aromatic N) is 3. The Kier molecular flexibility index (Phi) is 5.60. The molecule has 2 aliphatic heterocycles.